The van der Waals surface area contributed by atoms with Crippen molar-refractivity contribution >= 4 is 76.1 Å². The van der Waals surface area contributed by atoms with Gasteiger partial charge in [0.05, 0.1) is 0 Å². The molecule has 0 saturated carbocycles. The Morgan fingerprint density at radius 2 is 1.24 bits per heavy atom. The number of pyridine rings is 1. The molecule has 67 heavy (non-hydrogen) atoms. The first-order valence-corrected chi connectivity index (χ1v) is 23.3. The minimum atomic E-state index is -0.0499. The number of nitrogens with zero attached hydrogens (tertiary/aromatic N) is 4. The Hall–Kier alpha value is -6.98. The van der Waals surface area contributed by atoms with Gasteiger partial charge in [-0.3, -0.25) is 0 Å². The summed E-state index contributed by atoms with van der Waals surface area (Å²) in [5.41, 5.74) is 14.5. The normalized spacial score (nSPS) is 12.6. The van der Waals surface area contributed by atoms with Crippen molar-refractivity contribution in [3.63, 3.8) is 0 Å². The number of aromatic nitrogens is 2. The molecule has 0 amide bonds. The van der Waals surface area contributed by atoms with E-state index in [1.807, 2.05) is 35.7 Å². The summed E-state index contributed by atoms with van der Waals surface area (Å²) < 4.78 is 11.6. The summed E-state index contributed by atoms with van der Waals surface area (Å²) in [5, 5.41) is 4.84. The van der Waals surface area contributed by atoms with Gasteiger partial charge in [-0.15, -0.1) is 59.4 Å². The van der Waals surface area contributed by atoms with Crippen LogP contribution >= 0.6 is 11.3 Å². The summed E-state index contributed by atoms with van der Waals surface area (Å²) in [5.74, 6) is 2.05. The zero-order valence-electron chi connectivity index (χ0n) is 37.7. The predicted octanol–water partition coefficient (Wildman–Crippen LogP) is 16.6. The maximum Gasteiger partial charge on any atom is 0.135 e. The molecule has 0 N–H and O–H groups in total. The van der Waals surface area contributed by atoms with E-state index in [0.29, 0.717) is 11.5 Å². The number of rotatable bonds is 7. The number of para-hydroxylation sites is 2. The summed E-state index contributed by atoms with van der Waals surface area (Å²) >= 11 is 1.84. The number of ether oxygens (including phenoxy) is 1. The number of anilines is 4. The molecule has 8 aromatic carbocycles. The van der Waals surface area contributed by atoms with Crippen molar-refractivity contribution in [1.29, 1.82) is 0 Å². The summed E-state index contributed by atoms with van der Waals surface area (Å²) in [4.78, 5) is 9.56. The summed E-state index contributed by atoms with van der Waals surface area (Å²) in [6, 6.07) is 67.6. The predicted molar refractivity (Wildman–Crippen MR) is 276 cm³/mol. The van der Waals surface area contributed by atoms with Gasteiger partial charge < -0.3 is 19.1 Å². The van der Waals surface area contributed by atoms with Crippen LogP contribution in [0.5, 0.6) is 11.5 Å². The monoisotopic (exact) mass is 1060 g/mol. The van der Waals surface area contributed by atoms with Crippen LogP contribution in [0.1, 0.15) is 37.5 Å². The van der Waals surface area contributed by atoms with E-state index in [-0.39, 0.29) is 26.5 Å². The largest absolute Gasteiger partial charge is 0.509 e. The molecule has 0 radical (unpaired) electrons. The molecule has 4 heterocycles. The van der Waals surface area contributed by atoms with Crippen LogP contribution in [0.15, 0.2) is 176 Å². The van der Waals surface area contributed by atoms with E-state index in [4.69, 9.17) is 9.72 Å². The maximum atomic E-state index is 6.78. The van der Waals surface area contributed by atoms with Crippen LogP contribution in [-0.2, 0) is 26.5 Å². The van der Waals surface area contributed by atoms with Gasteiger partial charge in [-0.25, -0.2) is 4.98 Å². The second-order valence-electron chi connectivity index (χ2n) is 18.2. The van der Waals surface area contributed by atoms with E-state index < -0.39 is 0 Å². The van der Waals surface area contributed by atoms with Crippen molar-refractivity contribution in [3.05, 3.63) is 212 Å². The molecular weight excluding hydrogens is 1020 g/mol. The summed E-state index contributed by atoms with van der Waals surface area (Å²) in [6.45, 7) is 13.4. The number of hydrogen-bond acceptors (Lipinski definition) is 5. The van der Waals surface area contributed by atoms with E-state index in [1.54, 1.807) is 0 Å². The topological polar surface area (TPSA) is 33.5 Å². The van der Waals surface area contributed by atoms with Crippen LogP contribution in [0, 0.1) is 32.6 Å². The van der Waals surface area contributed by atoms with Gasteiger partial charge in [0.2, 0.25) is 0 Å². The van der Waals surface area contributed by atoms with Gasteiger partial charge in [0, 0.05) is 92.6 Å². The molecule has 0 saturated heterocycles. The van der Waals surface area contributed by atoms with Crippen LogP contribution < -0.4 is 14.5 Å². The molecule has 5 nitrogen and oxygen atoms in total. The fourth-order valence-electron chi connectivity index (χ4n) is 9.88. The van der Waals surface area contributed by atoms with E-state index in [0.717, 1.165) is 45.0 Å². The molecule has 1 aliphatic heterocycles. The minimum absolute atomic E-state index is 0. The van der Waals surface area contributed by atoms with Crippen molar-refractivity contribution in [3.8, 4) is 39.6 Å². The zero-order chi connectivity index (χ0) is 44.7. The van der Waals surface area contributed by atoms with E-state index in [1.165, 1.54) is 64.5 Å². The third kappa shape index (κ3) is 7.22. The molecule has 3 aromatic heterocycles. The molecule has 0 bridgehead atoms. The van der Waals surface area contributed by atoms with Gasteiger partial charge in [0.25, 0.3) is 0 Å². The molecule has 0 unspecified atom stereocenters. The van der Waals surface area contributed by atoms with Gasteiger partial charge in [0.15, 0.2) is 0 Å². The van der Waals surface area contributed by atoms with Gasteiger partial charge in [0.1, 0.15) is 5.82 Å². The molecule has 12 rings (SSSR count). The third-order valence-corrected chi connectivity index (χ3v) is 14.1. The van der Waals surface area contributed by atoms with Crippen molar-refractivity contribution in [2.75, 3.05) is 9.80 Å². The van der Waals surface area contributed by atoms with Gasteiger partial charge in [-0.2, -0.15) is 12.1 Å². The minimum Gasteiger partial charge on any atom is -0.509 e. The van der Waals surface area contributed by atoms with Crippen LogP contribution in [0.2, 0.25) is 0 Å². The molecule has 330 valence electrons. The quantitative estimate of drug-likeness (QED) is 0.149. The second kappa shape index (κ2) is 16.7. The van der Waals surface area contributed by atoms with E-state index >= 15 is 0 Å². The first-order valence-electron chi connectivity index (χ1n) is 22.4. The number of thiophene rings is 1. The van der Waals surface area contributed by atoms with Crippen LogP contribution in [0.25, 0.3) is 70.0 Å². The number of benzene rings is 8. The molecule has 7 heteroatoms. The molecule has 0 atom stereocenters. The molecule has 1 aliphatic rings. The SMILES string of the molecule is Cc1cc(C)c(-c2ccccc2)c(N2[CH-]N(c3[c-]c(Oc4[c-]c5c(cc4)c4c6sc7ccccc7c6ccc4n5-c4cc(C(C)(C)C)ccn4)ccc3)c3ccccc32)c1-c1ccccc1.[Pt]. The summed E-state index contributed by atoms with van der Waals surface area (Å²) in [6.07, 6.45) is 1.92. The molecular formula is C60H45N4OPtS-3. The Balaban J connectivity index is 0.00000494. The van der Waals surface area contributed by atoms with Gasteiger partial charge in [-0.05, 0) is 88.9 Å². The maximum absolute atomic E-state index is 6.78. The third-order valence-electron chi connectivity index (χ3n) is 12.9. The van der Waals surface area contributed by atoms with Crippen molar-refractivity contribution in [2.24, 2.45) is 0 Å². The Morgan fingerprint density at radius 3 is 1.96 bits per heavy atom. The van der Waals surface area contributed by atoms with Crippen LogP contribution in [-0.4, -0.2) is 9.55 Å². The summed E-state index contributed by atoms with van der Waals surface area (Å²) in [7, 11) is 0. The smallest absolute Gasteiger partial charge is 0.135 e. The Labute approximate surface area is 409 Å². The molecule has 0 spiro atoms. The average molecular weight is 1070 g/mol. The zero-order valence-corrected chi connectivity index (χ0v) is 40.8. The van der Waals surface area contributed by atoms with Crippen molar-refractivity contribution < 1.29 is 25.8 Å². The molecule has 11 aromatic rings. The fourth-order valence-corrected chi connectivity index (χ4v) is 11.1. The molecule has 0 fully saturated rings. The Bertz CT molecular complexity index is 3620. The number of aryl methyl sites for hydroxylation is 2. The second-order valence-corrected chi connectivity index (χ2v) is 19.2. The van der Waals surface area contributed by atoms with Crippen LogP contribution in [0.3, 0.4) is 0 Å². The first kappa shape index (κ1) is 42.6. The molecule has 0 aliphatic carbocycles. The Morgan fingerprint density at radius 1 is 0.597 bits per heavy atom. The number of hydrogen-bond donors (Lipinski definition) is 0. The van der Waals surface area contributed by atoms with Gasteiger partial charge >= 0.3 is 0 Å². The standard InChI is InChI=1S/C60H45N4OS.Pt/c1-38-33-39(2)56(41-19-10-7-11-20-41)58(55(38)40-17-8-6-9-18-40)63-37-62(49-24-13-14-25-50(49)63)43-21-16-22-44(35-43)65-45-27-28-48-52(36-45)64(54-34-42(31-32-61-54)60(3,4)5)51-30-29-47-46-23-12-15-26-53(46)66-59(47)57(48)51;/h6-34,37H,1-5H3;/q-3;. The Kier molecular flexibility index (Phi) is 10.6. The fraction of sp³-hybridized carbons (Fsp3) is 0.100. The van der Waals surface area contributed by atoms with Gasteiger partial charge in [-0.1, -0.05) is 129 Å². The van der Waals surface area contributed by atoms with Crippen molar-refractivity contribution in [2.45, 2.75) is 40.0 Å². The first-order chi connectivity index (χ1) is 32.2. The number of fused-ring (bicyclic) bond motifs is 8. The average Bonchev–Trinajstić information content (AvgIpc) is 4.01. The van der Waals surface area contributed by atoms with E-state index in [9.17, 15) is 0 Å². The van der Waals surface area contributed by atoms with Crippen molar-refractivity contribution in [1.82, 2.24) is 9.55 Å². The van der Waals surface area contributed by atoms with Crippen LogP contribution in [0.4, 0.5) is 22.7 Å². The van der Waals surface area contributed by atoms with E-state index in [2.05, 4.69) is 219 Å².